The van der Waals surface area contributed by atoms with Gasteiger partial charge in [0, 0.05) is 36.7 Å². The fourth-order valence-corrected chi connectivity index (χ4v) is 3.97. The van der Waals surface area contributed by atoms with E-state index in [0.29, 0.717) is 18.0 Å². The molecule has 1 aliphatic heterocycles. The molecule has 1 aromatic heterocycles. The Morgan fingerprint density at radius 2 is 1.93 bits per heavy atom. The Morgan fingerprint density at radius 3 is 2.64 bits per heavy atom. The molecule has 2 aliphatic rings. The standard InChI is InChI=1S/C21H27N3O4/c1-14-17(15(2)28-23-14)12-24(3)13-20(25)22-16-7-8-18-19(11-16)27-21(26-18)9-5-4-6-10-21/h7-8,11H,4-6,9-10,12-13H2,1-3H3,(H,22,25). The highest BCUT2D eigenvalue weighted by Crippen LogP contribution is 2.46. The first-order valence-corrected chi connectivity index (χ1v) is 9.86. The van der Waals surface area contributed by atoms with Crippen molar-refractivity contribution in [2.45, 2.75) is 58.3 Å². The number of aromatic nitrogens is 1. The molecule has 28 heavy (non-hydrogen) atoms. The fraction of sp³-hybridized carbons (Fsp3) is 0.524. The van der Waals surface area contributed by atoms with Crippen LogP contribution in [0.1, 0.15) is 49.1 Å². The maximum atomic E-state index is 12.5. The number of benzene rings is 1. The smallest absolute Gasteiger partial charge is 0.251 e. The molecule has 150 valence electrons. The molecule has 2 aromatic rings. The van der Waals surface area contributed by atoms with Crippen molar-refractivity contribution < 1.29 is 18.8 Å². The van der Waals surface area contributed by atoms with Crippen LogP contribution in [0, 0.1) is 13.8 Å². The Balaban J connectivity index is 1.35. The number of amides is 1. The molecule has 2 heterocycles. The molecule has 0 atom stereocenters. The molecule has 0 unspecified atom stereocenters. The van der Waals surface area contributed by atoms with Crippen LogP contribution >= 0.6 is 0 Å². The van der Waals surface area contributed by atoms with Gasteiger partial charge in [-0.2, -0.15) is 0 Å². The third-order valence-corrected chi connectivity index (χ3v) is 5.46. The molecule has 1 saturated carbocycles. The number of rotatable bonds is 5. The lowest BCUT2D eigenvalue weighted by atomic mass is 9.94. The van der Waals surface area contributed by atoms with Gasteiger partial charge in [0.2, 0.25) is 5.91 Å². The second-order valence-electron chi connectivity index (χ2n) is 7.86. The zero-order valence-electron chi connectivity index (χ0n) is 16.7. The number of ether oxygens (including phenoxy) is 2. The van der Waals surface area contributed by atoms with Crippen LogP contribution in [0.3, 0.4) is 0 Å². The SMILES string of the molecule is Cc1noc(C)c1CN(C)CC(=O)Nc1ccc2c(c1)OC1(CCCCC1)O2. The molecule has 1 spiro atoms. The maximum Gasteiger partial charge on any atom is 0.251 e. The summed E-state index contributed by atoms with van der Waals surface area (Å²) in [6.45, 7) is 4.67. The van der Waals surface area contributed by atoms with E-state index in [-0.39, 0.29) is 12.5 Å². The molecule has 1 aliphatic carbocycles. The Kier molecular flexibility index (Phi) is 5.02. The summed E-state index contributed by atoms with van der Waals surface area (Å²) in [5, 5.41) is 6.90. The van der Waals surface area contributed by atoms with Crippen molar-refractivity contribution in [3.63, 3.8) is 0 Å². The Hall–Kier alpha value is -2.54. The molecule has 0 bridgehead atoms. The molecule has 1 aromatic carbocycles. The first-order chi connectivity index (χ1) is 13.4. The van der Waals surface area contributed by atoms with Crippen LogP contribution in [-0.2, 0) is 11.3 Å². The van der Waals surface area contributed by atoms with Crippen LogP contribution in [0.15, 0.2) is 22.7 Å². The largest absolute Gasteiger partial charge is 0.448 e. The number of nitrogens with one attached hydrogen (secondary N) is 1. The summed E-state index contributed by atoms with van der Waals surface area (Å²) in [5.41, 5.74) is 2.60. The summed E-state index contributed by atoms with van der Waals surface area (Å²) in [7, 11) is 1.90. The number of nitrogens with zero attached hydrogens (tertiary/aromatic N) is 2. The second kappa shape index (κ2) is 7.47. The number of likely N-dealkylation sites (N-methyl/N-ethyl adjacent to an activating group) is 1. The summed E-state index contributed by atoms with van der Waals surface area (Å²) in [4.78, 5) is 14.4. The van der Waals surface area contributed by atoms with Crippen molar-refractivity contribution in [1.29, 1.82) is 0 Å². The first-order valence-electron chi connectivity index (χ1n) is 9.86. The average Bonchev–Trinajstić information content (AvgIpc) is 3.15. The number of anilines is 1. The van der Waals surface area contributed by atoms with Gasteiger partial charge in [-0.15, -0.1) is 0 Å². The van der Waals surface area contributed by atoms with Gasteiger partial charge in [-0.05, 0) is 45.9 Å². The van der Waals surface area contributed by atoms with E-state index >= 15 is 0 Å². The predicted octanol–water partition coefficient (Wildman–Crippen LogP) is 3.79. The van der Waals surface area contributed by atoms with Crippen LogP contribution < -0.4 is 14.8 Å². The van der Waals surface area contributed by atoms with Gasteiger partial charge in [0.15, 0.2) is 11.5 Å². The summed E-state index contributed by atoms with van der Waals surface area (Å²) >= 11 is 0. The van der Waals surface area contributed by atoms with E-state index in [1.807, 2.05) is 44.0 Å². The molecule has 1 amide bonds. The van der Waals surface area contributed by atoms with Gasteiger partial charge < -0.3 is 19.3 Å². The second-order valence-corrected chi connectivity index (χ2v) is 7.86. The minimum atomic E-state index is -0.502. The van der Waals surface area contributed by atoms with E-state index in [1.165, 1.54) is 6.42 Å². The lowest BCUT2D eigenvalue weighted by Crippen LogP contribution is -2.40. The van der Waals surface area contributed by atoms with Crippen molar-refractivity contribution in [2.75, 3.05) is 18.9 Å². The number of carbonyl (C=O) groups is 1. The molecule has 7 nitrogen and oxygen atoms in total. The van der Waals surface area contributed by atoms with Gasteiger partial charge in [0.1, 0.15) is 5.76 Å². The quantitative estimate of drug-likeness (QED) is 0.844. The summed E-state index contributed by atoms with van der Waals surface area (Å²) in [5.74, 6) is 1.68. The minimum Gasteiger partial charge on any atom is -0.448 e. The van der Waals surface area contributed by atoms with E-state index < -0.39 is 5.79 Å². The molecule has 1 N–H and O–H groups in total. The maximum absolute atomic E-state index is 12.5. The third kappa shape index (κ3) is 3.85. The molecule has 0 saturated heterocycles. The van der Waals surface area contributed by atoms with Crippen molar-refractivity contribution >= 4 is 11.6 Å². The van der Waals surface area contributed by atoms with E-state index in [0.717, 1.165) is 48.5 Å². The molecule has 0 radical (unpaired) electrons. The van der Waals surface area contributed by atoms with Gasteiger partial charge in [-0.25, -0.2) is 0 Å². The van der Waals surface area contributed by atoms with E-state index in [1.54, 1.807) is 0 Å². The van der Waals surface area contributed by atoms with Crippen LogP contribution in [0.4, 0.5) is 5.69 Å². The highest BCUT2D eigenvalue weighted by molar-refractivity contribution is 5.92. The number of fused-ring (bicyclic) bond motifs is 1. The lowest BCUT2D eigenvalue weighted by molar-refractivity contribution is -0.117. The Labute approximate surface area is 165 Å². The van der Waals surface area contributed by atoms with Crippen LogP contribution in [0.2, 0.25) is 0 Å². The number of hydrogen-bond acceptors (Lipinski definition) is 6. The molecule has 7 heteroatoms. The topological polar surface area (TPSA) is 76.8 Å². The predicted molar refractivity (Wildman–Crippen MR) is 104 cm³/mol. The summed E-state index contributed by atoms with van der Waals surface area (Å²) < 4.78 is 17.4. The monoisotopic (exact) mass is 385 g/mol. The highest BCUT2D eigenvalue weighted by atomic mass is 16.7. The van der Waals surface area contributed by atoms with Gasteiger partial charge >= 0.3 is 0 Å². The summed E-state index contributed by atoms with van der Waals surface area (Å²) in [6, 6.07) is 5.59. The first kappa shape index (κ1) is 18.8. The third-order valence-electron chi connectivity index (χ3n) is 5.46. The Morgan fingerprint density at radius 1 is 1.18 bits per heavy atom. The summed E-state index contributed by atoms with van der Waals surface area (Å²) in [6.07, 6.45) is 5.30. The molecular weight excluding hydrogens is 358 g/mol. The molecule has 4 rings (SSSR count). The van der Waals surface area contributed by atoms with Crippen LogP contribution in [0.5, 0.6) is 11.5 Å². The fourth-order valence-electron chi connectivity index (χ4n) is 3.97. The zero-order chi connectivity index (χ0) is 19.7. The van der Waals surface area contributed by atoms with Crippen molar-refractivity contribution in [2.24, 2.45) is 0 Å². The number of aryl methyl sites for hydroxylation is 2. The van der Waals surface area contributed by atoms with Gasteiger partial charge in [0.05, 0.1) is 12.2 Å². The molecular formula is C21H27N3O4. The average molecular weight is 385 g/mol. The number of carbonyl (C=O) groups excluding carboxylic acids is 1. The van der Waals surface area contributed by atoms with Crippen molar-refractivity contribution in [1.82, 2.24) is 10.1 Å². The lowest BCUT2D eigenvalue weighted by Gasteiger charge is -2.31. The highest BCUT2D eigenvalue weighted by Gasteiger charge is 2.42. The van der Waals surface area contributed by atoms with E-state index in [2.05, 4.69) is 10.5 Å². The molecule has 1 fully saturated rings. The van der Waals surface area contributed by atoms with Crippen LogP contribution in [0.25, 0.3) is 0 Å². The van der Waals surface area contributed by atoms with Crippen LogP contribution in [-0.4, -0.2) is 35.3 Å². The van der Waals surface area contributed by atoms with Crippen molar-refractivity contribution in [3.05, 3.63) is 35.2 Å². The van der Waals surface area contributed by atoms with Crippen molar-refractivity contribution in [3.8, 4) is 11.5 Å². The van der Waals surface area contributed by atoms with Gasteiger partial charge in [-0.3, -0.25) is 9.69 Å². The number of hydrogen-bond donors (Lipinski definition) is 1. The Bertz CT molecular complexity index is 851. The van der Waals surface area contributed by atoms with Gasteiger partial charge in [0.25, 0.3) is 5.79 Å². The van der Waals surface area contributed by atoms with E-state index in [4.69, 9.17) is 14.0 Å². The normalized spacial score (nSPS) is 17.3. The zero-order valence-corrected chi connectivity index (χ0v) is 16.7. The minimum absolute atomic E-state index is 0.0829. The van der Waals surface area contributed by atoms with Gasteiger partial charge in [-0.1, -0.05) is 11.6 Å². The van der Waals surface area contributed by atoms with E-state index in [9.17, 15) is 4.79 Å².